The predicted octanol–water partition coefficient (Wildman–Crippen LogP) is 3.78. The molecular formula is C21H21N3O4S. The number of amides is 2. The van der Waals surface area contributed by atoms with Gasteiger partial charge in [0.15, 0.2) is 0 Å². The molecule has 0 spiro atoms. The molecule has 2 aromatic carbocycles. The van der Waals surface area contributed by atoms with E-state index < -0.39 is 0 Å². The van der Waals surface area contributed by atoms with Crippen LogP contribution in [0.25, 0.3) is 10.6 Å². The van der Waals surface area contributed by atoms with E-state index in [2.05, 4.69) is 10.3 Å². The second-order valence-corrected chi connectivity index (χ2v) is 7.19. The smallest absolute Gasteiger partial charge is 0.275 e. The first-order chi connectivity index (χ1) is 13.9. The number of hydrogen-bond acceptors (Lipinski definition) is 6. The Labute approximate surface area is 172 Å². The average molecular weight is 411 g/mol. The molecule has 0 radical (unpaired) electrons. The number of thiazole rings is 1. The van der Waals surface area contributed by atoms with Crippen LogP contribution in [0.3, 0.4) is 0 Å². The van der Waals surface area contributed by atoms with Crippen LogP contribution >= 0.6 is 11.3 Å². The summed E-state index contributed by atoms with van der Waals surface area (Å²) in [6.45, 7) is 0. The molecule has 29 heavy (non-hydrogen) atoms. The molecule has 1 aromatic heterocycles. The van der Waals surface area contributed by atoms with Gasteiger partial charge in [-0.05, 0) is 42.5 Å². The van der Waals surface area contributed by atoms with E-state index in [-0.39, 0.29) is 17.5 Å². The Balaban J connectivity index is 1.82. The Kier molecular flexibility index (Phi) is 6.13. The number of carbonyl (C=O) groups is 2. The summed E-state index contributed by atoms with van der Waals surface area (Å²) in [5.41, 5.74) is 2.03. The zero-order valence-corrected chi connectivity index (χ0v) is 17.4. The molecule has 150 valence electrons. The molecule has 2 amide bonds. The maximum absolute atomic E-state index is 12.7. The fraction of sp³-hybridized carbons (Fsp3) is 0.190. The van der Waals surface area contributed by atoms with E-state index >= 15 is 0 Å². The Morgan fingerprint density at radius 3 is 2.38 bits per heavy atom. The van der Waals surface area contributed by atoms with Gasteiger partial charge < -0.3 is 19.7 Å². The third-order valence-corrected chi connectivity index (χ3v) is 5.07. The van der Waals surface area contributed by atoms with Crippen molar-refractivity contribution in [2.24, 2.45) is 0 Å². The number of anilines is 1. The van der Waals surface area contributed by atoms with E-state index in [1.807, 2.05) is 24.3 Å². The molecule has 0 atom stereocenters. The van der Waals surface area contributed by atoms with Crippen molar-refractivity contribution >= 4 is 28.8 Å². The summed E-state index contributed by atoms with van der Waals surface area (Å²) in [5.74, 6) is 0.661. The van der Waals surface area contributed by atoms with Crippen LogP contribution in [-0.4, -0.2) is 50.0 Å². The predicted molar refractivity (Wildman–Crippen MR) is 113 cm³/mol. The van der Waals surface area contributed by atoms with Crippen molar-refractivity contribution in [3.05, 3.63) is 59.1 Å². The van der Waals surface area contributed by atoms with Crippen molar-refractivity contribution in [3.8, 4) is 22.1 Å². The van der Waals surface area contributed by atoms with Gasteiger partial charge in [-0.2, -0.15) is 0 Å². The number of rotatable bonds is 6. The maximum atomic E-state index is 12.7. The van der Waals surface area contributed by atoms with E-state index in [4.69, 9.17) is 9.47 Å². The monoisotopic (exact) mass is 411 g/mol. The first kappa shape index (κ1) is 20.3. The molecule has 0 bridgehead atoms. The van der Waals surface area contributed by atoms with Crippen molar-refractivity contribution in [2.75, 3.05) is 33.6 Å². The summed E-state index contributed by atoms with van der Waals surface area (Å²) in [7, 11) is 6.45. The lowest BCUT2D eigenvalue weighted by Crippen LogP contribution is -2.22. The van der Waals surface area contributed by atoms with Crippen LogP contribution in [0.4, 0.5) is 5.69 Å². The minimum absolute atomic E-state index is 0.168. The van der Waals surface area contributed by atoms with Gasteiger partial charge in [-0.25, -0.2) is 4.98 Å². The van der Waals surface area contributed by atoms with Gasteiger partial charge in [-0.15, -0.1) is 11.3 Å². The highest BCUT2D eigenvalue weighted by Gasteiger charge is 2.17. The van der Waals surface area contributed by atoms with Crippen LogP contribution in [0.2, 0.25) is 0 Å². The Bertz CT molecular complexity index is 1030. The summed E-state index contributed by atoms with van der Waals surface area (Å²) in [5, 5.41) is 5.20. The highest BCUT2D eigenvalue weighted by atomic mass is 32.1. The van der Waals surface area contributed by atoms with Gasteiger partial charge in [0.1, 0.15) is 22.2 Å². The number of ether oxygens (including phenoxy) is 2. The molecule has 8 heteroatoms. The van der Waals surface area contributed by atoms with E-state index in [9.17, 15) is 9.59 Å². The number of carbonyl (C=O) groups excluding carboxylic acids is 2. The molecule has 0 aliphatic carbocycles. The quantitative estimate of drug-likeness (QED) is 0.668. The van der Waals surface area contributed by atoms with E-state index in [0.29, 0.717) is 17.0 Å². The van der Waals surface area contributed by atoms with Crippen molar-refractivity contribution in [1.29, 1.82) is 0 Å². The lowest BCUT2D eigenvalue weighted by molar-refractivity contribution is 0.0827. The van der Waals surface area contributed by atoms with Gasteiger partial charge in [0.25, 0.3) is 11.8 Å². The standard InChI is InChI=1S/C21H21N3O4S/c1-24(2)21(26)14-7-10-18(28-4)16(11-14)22-19(25)17-12-29-20(23-17)13-5-8-15(27-3)9-6-13/h5-12H,1-4H3,(H,22,25). The molecule has 0 unspecified atom stereocenters. The van der Waals surface area contributed by atoms with Gasteiger partial charge in [0.2, 0.25) is 0 Å². The molecule has 3 aromatic rings. The summed E-state index contributed by atoms with van der Waals surface area (Å²) in [6.07, 6.45) is 0. The number of aromatic nitrogens is 1. The van der Waals surface area contributed by atoms with Gasteiger partial charge in [0.05, 0.1) is 19.9 Å². The van der Waals surface area contributed by atoms with Crippen LogP contribution in [0, 0.1) is 0 Å². The molecule has 0 fully saturated rings. The Hall–Kier alpha value is -3.39. The Morgan fingerprint density at radius 1 is 1.03 bits per heavy atom. The molecular weight excluding hydrogens is 390 g/mol. The minimum Gasteiger partial charge on any atom is -0.497 e. The van der Waals surface area contributed by atoms with Crippen LogP contribution in [-0.2, 0) is 0 Å². The average Bonchev–Trinajstić information content (AvgIpc) is 3.23. The SMILES string of the molecule is COc1ccc(-c2nc(C(=O)Nc3cc(C(=O)N(C)C)ccc3OC)cs2)cc1. The number of nitrogens with zero attached hydrogens (tertiary/aromatic N) is 2. The van der Waals surface area contributed by atoms with Crippen molar-refractivity contribution in [1.82, 2.24) is 9.88 Å². The van der Waals surface area contributed by atoms with E-state index in [0.717, 1.165) is 16.3 Å². The topological polar surface area (TPSA) is 80.8 Å². The number of hydrogen-bond donors (Lipinski definition) is 1. The highest BCUT2D eigenvalue weighted by Crippen LogP contribution is 2.28. The molecule has 7 nitrogen and oxygen atoms in total. The summed E-state index contributed by atoms with van der Waals surface area (Å²) < 4.78 is 10.5. The van der Waals surface area contributed by atoms with Crippen molar-refractivity contribution in [3.63, 3.8) is 0 Å². The van der Waals surface area contributed by atoms with Gasteiger partial charge >= 0.3 is 0 Å². The number of nitrogens with one attached hydrogen (secondary N) is 1. The molecule has 1 heterocycles. The summed E-state index contributed by atoms with van der Waals surface area (Å²) in [6, 6.07) is 12.4. The normalized spacial score (nSPS) is 10.3. The van der Waals surface area contributed by atoms with E-state index in [1.54, 1.807) is 44.8 Å². The van der Waals surface area contributed by atoms with Gasteiger partial charge in [-0.3, -0.25) is 9.59 Å². The Morgan fingerprint density at radius 2 is 1.76 bits per heavy atom. The van der Waals surface area contributed by atoms with Crippen LogP contribution in [0.5, 0.6) is 11.5 Å². The zero-order chi connectivity index (χ0) is 21.0. The van der Waals surface area contributed by atoms with Gasteiger partial charge in [0, 0.05) is 30.6 Å². The molecule has 0 saturated heterocycles. The van der Waals surface area contributed by atoms with E-state index in [1.165, 1.54) is 23.3 Å². The molecule has 0 aliphatic heterocycles. The zero-order valence-electron chi connectivity index (χ0n) is 16.6. The van der Waals surface area contributed by atoms with Crippen LogP contribution in [0.1, 0.15) is 20.8 Å². The second-order valence-electron chi connectivity index (χ2n) is 6.34. The van der Waals surface area contributed by atoms with Gasteiger partial charge in [-0.1, -0.05) is 0 Å². The maximum Gasteiger partial charge on any atom is 0.275 e. The first-order valence-corrected chi connectivity index (χ1v) is 9.62. The third-order valence-electron chi connectivity index (χ3n) is 4.17. The molecule has 1 N–H and O–H groups in total. The number of benzene rings is 2. The summed E-state index contributed by atoms with van der Waals surface area (Å²) in [4.78, 5) is 30.8. The first-order valence-electron chi connectivity index (χ1n) is 8.74. The second kappa shape index (κ2) is 8.74. The van der Waals surface area contributed by atoms with Crippen molar-refractivity contribution < 1.29 is 19.1 Å². The van der Waals surface area contributed by atoms with Crippen LogP contribution < -0.4 is 14.8 Å². The minimum atomic E-state index is -0.381. The molecule has 0 saturated carbocycles. The fourth-order valence-corrected chi connectivity index (χ4v) is 3.43. The summed E-state index contributed by atoms with van der Waals surface area (Å²) >= 11 is 1.37. The molecule has 0 aliphatic rings. The van der Waals surface area contributed by atoms with Crippen molar-refractivity contribution in [2.45, 2.75) is 0 Å². The number of methoxy groups -OCH3 is 2. The lowest BCUT2D eigenvalue weighted by Gasteiger charge is -2.14. The third kappa shape index (κ3) is 4.55. The lowest BCUT2D eigenvalue weighted by atomic mass is 10.1. The van der Waals surface area contributed by atoms with Crippen LogP contribution in [0.15, 0.2) is 47.8 Å². The largest absolute Gasteiger partial charge is 0.497 e. The molecule has 3 rings (SSSR count). The highest BCUT2D eigenvalue weighted by molar-refractivity contribution is 7.13. The fourth-order valence-electron chi connectivity index (χ4n) is 2.63.